The van der Waals surface area contributed by atoms with Crippen molar-refractivity contribution in [1.29, 1.82) is 0 Å². The summed E-state index contributed by atoms with van der Waals surface area (Å²) in [5.74, 6) is -4.29. The van der Waals surface area contributed by atoms with Crippen LogP contribution in [0.1, 0.15) is 19.3 Å². The molecule has 0 aliphatic heterocycles. The normalized spacial score (nSPS) is 26.8. The molecule has 2 unspecified atom stereocenters. The van der Waals surface area contributed by atoms with Gasteiger partial charge in [-0.2, -0.15) is 0 Å². The highest BCUT2D eigenvalue weighted by Gasteiger charge is 2.57. The fraction of sp³-hybridized carbons (Fsp3) is 0.875. The molecule has 0 aromatic rings. The van der Waals surface area contributed by atoms with Crippen molar-refractivity contribution in [3.63, 3.8) is 0 Å². The number of halogens is 2. The summed E-state index contributed by atoms with van der Waals surface area (Å²) < 4.78 is 29.6. The minimum absolute atomic E-state index is 0.132. The molecule has 0 spiro atoms. The molecule has 1 aliphatic rings. The summed E-state index contributed by atoms with van der Waals surface area (Å²) in [5, 5.41) is 8.41. The van der Waals surface area contributed by atoms with E-state index >= 15 is 0 Å². The lowest BCUT2D eigenvalue weighted by molar-refractivity contribution is -0.140. The Balaban J connectivity index is 2.29. The van der Waals surface area contributed by atoms with Crippen LogP contribution >= 0.6 is 0 Å². The van der Waals surface area contributed by atoms with Gasteiger partial charge in [0, 0.05) is 19.4 Å². The first-order valence-electron chi connectivity index (χ1n) is 4.08. The van der Waals surface area contributed by atoms with E-state index in [-0.39, 0.29) is 19.3 Å². The van der Waals surface area contributed by atoms with Crippen molar-refractivity contribution in [1.82, 2.24) is 0 Å². The lowest BCUT2D eigenvalue weighted by Gasteiger charge is -2.11. The molecular formula is C8H12F2O3. The van der Waals surface area contributed by atoms with Crippen LogP contribution in [-0.2, 0) is 9.53 Å². The average Bonchev–Trinajstić information content (AvgIpc) is 2.56. The Morgan fingerprint density at radius 3 is 2.62 bits per heavy atom. The van der Waals surface area contributed by atoms with Gasteiger partial charge in [0.25, 0.3) is 5.92 Å². The topological polar surface area (TPSA) is 46.5 Å². The molecule has 1 rings (SSSR count). The molecule has 1 fully saturated rings. The zero-order valence-corrected chi connectivity index (χ0v) is 7.30. The molecule has 0 bridgehead atoms. The molecule has 0 radical (unpaired) electrons. The first kappa shape index (κ1) is 10.4. The number of hydrogen-bond donors (Lipinski definition) is 1. The Morgan fingerprint density at radius 2 is 2.31 bits per heavy atom. The third kappa shape index (κ3) is 2.91. The zero-order valence-electron chi connectivity index (χ0n) is 7.30. The summed E-state index contributed by atoms with van der Waals surface area (Å²) >= 11 is 0. The number of methoxy groups -OCH3 is 1. The molecule has 0 aromatic heterocycles. The lowest BCUT2D eigenvalue weighted by Crippen LogP contribution is -2.17. The Labute approximate surface area is 74.7 Å². The summed E-state index contributed by atoms with van der Waals surface area (Å²) in [7, 11) is 1.34. The van der Waals surface area contributed by atoms with Gasteiger partial charge in [0.15, 0.2) is 0 Å². The standard InChI is InChI=1S/C8H12F2O3/c1-13-6(3-7(11)12)2-5-4-8(5,9)10/h5-6H,2-4H2,1H3,(H,11,12). The minimum Gasteiger partial charge on any atom is -0.481 e. The van der Waals surface area contributed by atoms with Crippen molar-refractivity contribution in [3.8, 4) is 0 Å². The van der Waals surface area contributed by atoms with Gasteiger partial charge >= 0.3 is 5.97 Å². The highest BCUT2D eigenvalue weighted by atomic mass is 19.3. The first-order chi connectivity index (χ1) is 5.95. The molecule has 0 amide bonds. The van der Waals surface area contributed by atoms with Gasteiger partial charge in [0.1, 0.15) is 0 Å². The minimum atomic E-state index is -2.59. The largest absolute Gasteiger partial charge is 0.481 e. The molecule has 0 aromatic carbocycles. The lowest BCUT2D eigenvalue weighted by atomic mass is 10.1. The van der Waals surface area contributed by atoms with E-state index < -0.39 is 23.9 Å². The van der Waals surface area contributed by atoms with E-state index in [1.165, 1.54) is 7.11 Å². The van der Waals surface area contributed by atoms with Crippen molar-refractivity contribution in [3.05, 3.63) is 0 Å². The monoisotopic (exact) mass is 194 g/mol. The van der Waals surface area contributed by atoms with Crippen molar-refractivity contribution in [2.75, 3.05) is 7.11 Å². The van der Waals surface area contributed by atoms with E-state index in [1.807, 2.05) is 0 Å². The van der Waals surface area contributed by atoms with Gasteiger partial charge in [-0.1, -0.05) is 0 Å². The summed E-state index contributed by atoms with van der Waals surface area (Å²) in [6, 6.07) is 0. The average molecular weight is 194 g/mol. The van der Waals surface area contributed by atoms with Crippen molar-refractivity contribution >= 4 is 5.97 Å². The van der Waals surface area contributed by atoms with Gasteiger partial charge in [-0.25, -0.2) is 8.78 Å². The van der Waals surface area contributed by atoms with E-state index in [2.05, 4.69) is 0 Å². The molecule has 76 valence electrons. The maximum atomic E-state index is 12.4. The van der Waals surface area contributed by atoms with Gasteiger partial charge in [0.2, 0.25) is 0 Å². The van der Waals surface area contributed by atoms with Crippen LogP contribution in [0.2, 0.25) is 0 Å². The molecule has 1 N–H and O–H groups in total. The molecule has 13 heavy (non-hydrogen) atoms. The summed E-state index contributed by atoms with van der Waals surface area (Å²) in [6.45, 7) is 0. The number of carboxylic acids is 1. The van der Waals surface area contributed by atoms with Crippen LogP contribution in [-0.4, -0.2) is 30.2 Å². The predicted octanol–water partition coefficient (Wildman–Crippen LogP) is 1.52. The van der Waals surface area contributed by atoms with Crippen molar-refractivity contribution < 1.29 is 23.4 Å². The molecule has 0 heterocycles. The van der Waals surface area contributed by atoms with Crippen LogP contribution in [0.5, 0.6) is 0 Å². The third-order valence-corrected chi connectivity index (χ3v) is 2.24. The molecule has 1 saturated carbocycles. The Kier molecular flexibility index (Phi) is 2.85. The Bertz CT molecular complexity index is 206. The second kappa shape index (κ2) is 3.57. The van der Waals surface area contributed by atoms with Gasteiger partial charge < -0.3 is 9.84 Å². The number of rotatable bonds is 5. The van der Waals surface area contributed by atoms with Gasteiger partial charge in [-0.05, 0) is 6.42 Å². The first-order valence-corrected chi connectivity index (χ1v) is 4.08. The maximum Gasteiger partial charge on any atom is 0.305 e. The second-order valence-electron chi connectivity index (χ2n) is 3.35. The molecule has 1 aliphatic carbocycles. The SMILES string of the molecule is COC(CC(=O)O)CC1CC1(F)F. The van der Waals surface area contributed by atoms with Crippen LogP contribution in [0.3, 0.4) is 0 Å². The van der Waals surface area contributed by atoms with E-state index in [0.717, 1.165) is 0 Å². The number of aliphatic carboxylic acids is 1. The number of ether oxygens (including phenoxy) is 1. The Hall–Kier alpha value is -0.710. The van der Waals surface area contributed by atoms with Crippen LogP contribution in [0.15, 0.2) is 0 Å². The molecule has 3 nitrogen and oxygen atoms in total. The fourth-order valence-electron chi connectivity index (χ4n) is 1.30. The summed E-state index contributed by atoms with van der Waals surface area (Å²) in [5.41, 5.74) is 0. The molecular weight excluding hydrogens is 182 g/mol. The Morgan fingerprint density at radius 1 is 1.77 bits per heavy atom. The number of alkyl halides is 2. The van der Waals surface area contributed by atoms with Crippen LogP contribution in [0.4, 0.5) is 8.78 Å². The number of carboxylic acid groups (broad SMARTS) is 1. The predicted molar refractivity (Wildman–Crippen MR) is 40.7 cm³/mol. The van der Waals surface area contributed by atoms with Gasteiger partial charge in [-0.15, -0.1) is 0 Å². The van der Waals surface area contributed by atoms with E-state index in [0.29, 0.717) is 0 Å². The highest BCUT2D eigenvalue weighted by molar-refractivity contribution is 5.67. The molecule has 5 heteroatoms. The highest BCUT2D eigenvalue weighted by Crippen LogP contribution is 2.51. The van der Waals surface area contributed by atoms with Crippen molar-refractivity contribution in [2.45, 2.75) is 31.3 Å². The van der Waals surface area contributed by atoms with Crippen molar-refractivity contribution in [2.24, 2.45) is 5.92 Å². The summed E-state index contributed by atoms with van der Waals surface area (Å²) in [6.07, 6.45) is -0.790. The van der Waals surface area contributed by atoms with Crippen LogP contribution in [0.25, 0.3) is 0 Å². The zero-order chi connectivity index (χ0) is 10.1. The van der Waals surface area contributed by atoms with E-state index in [1.54, 1.807) is 0 Å². The van der Waals surface area contributed by atoms with Crippen LogP contribution in [0, 0.1) is 5.92 Å². The van der Waals surface area contributed by atoms with Crippen LogP contribution < -0.4 is 0 Å². The number of hydrogen-bond acceptors (Lipinski definition) is 2. The summed E-state index contributed by atoms with van der Waals surface area (Å²) in [4.78, 5) is 10.3. The number of carbonyl (C=O) groups is 1. The maximum absolute atomic E-state index is 12.4. The molecule has 0 saturated heterocycles. The molecule has 2 atom stereocenters. The van der Waals surface area contributed by atoms with Gasteiger partial charge in [0.05, 0.1) is 12.5 Å². The second-order valence-corrected chi connectivity index (χ2v) is 3.35. The smallest absolute Gasteiger partial charge is 0.305 e. The third-order valence-electron chi connectivity index (χ3n) is 2.24. The quantitative estimate of drug-likeness (QED) is 0.721. The van der Waals surface area contributed by atoms with Gasteiger partial charge in [-0.3, -0.25) is 4.79 Å². The fourth-order valence-corrected chi connectivity index (χ4v) is 1.30. The van der Waals surface area contributed by atoms with E-state index in [4.69, 9.17) is 9.84 Å². The van der Waals surface area contributed by atoms with E-state index in [9.17, 15) is 13.6 Å².